The Morgan fingerprint density at radius 3 is 2.89 bits per heavy atom. The summed E-state index contributed by atoms with van der Waals surface area (Å²) in [6, 6.07) is 2.58. The maximum atomic E-state index is 5.15. The van der Waals surface area contributed by atoms with Gasteiger partial charge in [0, 0.05) is 13.3 Å². The van der Waals surface area contributed by atoms with Gasteiger partial charge in [0.1, 0.15) is 0 Å². The lowest BCUT2D eigenvalue weighted by Crippen LogP contribution is -2.29. The molecule has 0 amide bonds. The normalized spacial score (nSPS) is 19.0. The zero-order valence-electron chi connectivity index (χ0n) is 11.6. The van der Waals surface area contributed by atoms with Gasteiger partial charge in [0.15, 0.2) is 0 Å². The van der Waals surface area contributed by atoms with Gasteiger partial charge in [0.25, 0.3) is 0 Å². The fourth-order valence-corrected chi connectivity index (χ4v) is 3.06. The molecule has 0 aliphatic heterocycles. The SMILES string of the molecule is CNC(c1ccnn1CCOC)C1CCCCC1. The van der Waals surface area contributed by atoms with E-state index in [-0.39, 0.29) is 0 Å². The molecule has 1 aromatic rings. The Hall–Kier alpha value is -0.870. The summed E-state index contributed by atoms with van der Waals surface area (Å²) in [5.74, 6) is 0.752. The van der Waals surface area contributed by atoms with Gasteiger partial charge in [-0.05, 0) is 31.9 Å². The number of rotatable bonds is 6. The first-order valence-electron chi connectivity index (χ1n) is 7.04. The van der Waals surface area contributed by atoms with Gasteiger partial charge in [-0.2, -0.15) is 5.10 Å². The maximum Gasteiger partial charge on any atom is 0.0659 e. The minimum absolute atomic E-state index is 0.435. The minimum Gasteiger partial charge on any atom is -0.383 e. The second-order valence-corrected chi connectivity index (χ2v) is 5.14. The van der Waals surface area contributed by atoms with Crippen LogP contribution in [0.4, 0.5) is 0 Å². The van der Waals surface area contributed by atoms with E-state index in [1.54, 1.807) is 7.11 Å². The average molecular weight is 251 g/mol. The molecule has 1 unspecified atom stereocenters. The van der Waals surface area contributed by atoms with Crippen LogP contribution < -0.4 is 5.32 Å². The van der Waals surface area contributed by atoms with E-state index in [9.17, 15) is 0 Å². The van der Waals surface area contributed by atoms with Gasteiger partial charge >= 0.3 is 0 Å². The van der Waals surface area contributed by atoms with Crippen molar-refractivity contribution < 1.29 is 4.74 Å². The summed E-state index contributed by atoms with van der Waals surface area (Å²) in [5, 5.41) is 7.90. The van der Waals surface area contributed by atoms with Crippen molar-refractivity contribution >= 4 is 0 Å². The minimum atomic E-state index is 0.435. The molecular formula is C14H25N3O. The fourth-order valence-electron chi connectivity index (χ4n) is 3.06. The van der Waals surface area contributed by atoms with E-state index >= 15 is 0 Å². The highest BCUT2D eigenvalue weighted by Gasteiger charge is 2.26. The topological polar surface area (TPSA) is 39.1 Å². The molecule has 1 atom stereocenters. The Balaban J connectivity index is 2.08. The van der Waals surface area contributed by atoms with Crippen LogP contribution in [0.3, 0.4) is 0 Å². The molecule has 2 rings (SSSR count). The first-order valence-corrected chi connectivity index (χ1v) is 7.04. The molecule has 1 N–H and O–H groups in total. The zero-order valence-corrected chi connectivity index (χ0v) is 11.6. The molecule has 102 valence electrons. The molecular weight excluding hydrogens is 226 g/mol. The number of ether oxygens (including phenoxy) is 1. The van der Waals surface area contributed by atoms with Crippen molar-refractivity contribution in [3.63, 3.8) is 0 Å². The summed E-state index contributed by atoms with van der Waals surface area (Å²) in [6.45, 7) is 1.56. The van der Waals surface area contributed by atoms with Crippen LogP contribution in [0.25, 0.3) is 0 Å². The van der Waals surface area contributed by atoms with Crippen LogP contribution in [-0.4, -0.2) is 30.5 Å². The van der Waals surface area contributed by atoms with Crippen molar-refractivity contribution in [2.24, 2.45) is 5.92 Å². The van der Waals surface area contributed by atoms with E-state index < -0.39 is 0 Å². The first-order chi connectivity index (χ1) is 8.86. The number of hydrogen-bond donors (Lipinski definition) is 1. The molecule has 4 heteroatoms. The third-order valence-corrected chi connectivity index (χ3v) is 4.01. The van der Waals surface area contributed by atoms with Crippen molar-refractivity contribution in [3.8, 4) is 0 Å². The van der Waals surface area contributed by atoms with Crippen LogP contribution in [0, 0.1) is 5.92 Å². The summed E-state index contributed by atoms with van der Waals surface area (Å²) in [6.07, 6.45) is 8.71. The largest absolute Gasteiger partial charge is 0.383 e. The number of nitrogens with one attached hydrogen (secondary N) is 1. The first kappa shape index (κ1) is 13.6. The van der Waals surface area contributed by atoms with Crippen molar-refractivity contribution in [3.05, 3.63) is 18.0 Å². The second-order valence-electron chi connectivity index (χ2n) is 5.14. The number of hydrogen-bond acceptors (Lipinski definition) is 3. The van der Waals surface area contributed by atoms with E-state index in [0.717, 1.165) is 19.1 Å². The van der Waals surface area contributed by atoms with E-state index in [0.29, 0.717) is 6.04 Å². The Morgan fingerprint density at radius 2 is 2.22 bits per heavy atom. The van der Waals surface area contributed by atoms with Crippen molar-refractivity contribution in [1.82, 2.24) is 15.1 Å². The van der Waals surface area contributed by atoms with Gasteiger partial charge < -0.3 is 10.1 Å². The standard InChI is InChI=1S/C14H25N3O/c1-15-14(12-6-4-3-5-7-12)13-8-9-16-17(13)10-11-18-2/h8-9,12,14-15H,3-7,10-11H2,1-2H3. The molecule has 4 nitrogen and oxygen atoms in total. The van der Waals surface area contributed by atoms with E-state index in [2.05, 4.69) is 28.2 Å². The highest BCUT2D eigenvalue weighted by Crippen LogP contribution is 2.34. The van der Waals surface area contributed by atoms with Gasteiger partial charge in [-0.25, -0.2) is 0 Å². The molecule has 0 radical (unpaired) electrons. The monoisotopic (exact) mass is 251 g/mol. The molecule has 1 aromatic heterocycles. The van der Waals surface area contributed by atoms with Gasteiger partial charge in [0.2, 0.25) is 0 Å². The van der Waals surface area contributed by atoms with Crippen molar-refractivity contribution in [1.29, 1.82) is 0 Å². The van der Waals surface area contributed by atoms with Gasteiger partial charge in [-0.1, -0.05) is 19.3 Å². The third-order valence-electron chi connectivity index (χ3n) is 4.01. The van der Waals surface area contributed by atoms with Crippen LogP contribution >= 0.6 is 0 Å². The van der Waals surface area contributed by atoms with Crippen LogP contribution in [0.5, 0.6) is 0 Å². The molecule has 0 spiro atoms. The predicted octanol–water partition coefficient (Wildman–Crippen LogP) is 2.37. The number of nitrogens with zero attached hydrogens (tertiary/aromatic N) is 2. The predicted molar refractivity (Wildman–Crippen MR) is 72.5 cm³/mol. The highest BCUT2D eigenvalue weighted by molar-refractivity contribution is 5.09. The second kappa shape index (κ2) is 6.90. The zero-order chi connectivity index (χ0) is 12.8. The molecule has 1 heterocycles. The lowest BCUT2D eigenvalue weighted by atomic mass is 9.82. The fraction of sp³-hybridized carbons (Fsp3) is 0.786. The quantitative estimate of drug-likeness (QED) is 0.843. The Morgan fingerprint density at radius 1 is 1.44 bits per heavy atom. The van der Waals surface area contributed by atoms with E-state index in [1.165, 1.54) is 37.8 Å². The summed E-state index contributed by atoms with van der Waals surface area (Å²) in [5.41, 5.74) is 1.31. The van der Waals surface area contributed by atoms with Gasteiger partial charge in [-0.3, -0.25) is 4.68 Å². The summed E-state index contributed by atoms with van der Waals surface area (Å²) >= 11 is 0. The summed E-state index contributed by atoms with van der Waals surface area (Å²) in [4.78, 5) is 0. The number of methoxy groups -OCH3 is 1. The van der Waals surface area contributed by atoms with Crippen LogP contribution in [-0.2, 0) is 11.3 Å². The molecule has 1 aliphatic rings. The smallest absolute Gasteiger partial charge is 0.0659 e. The molecule has 1 saturated carbocycles. The van der Waals surface area contributed by atoms with Crippen molar-refractivity contribution in [2.45, 2.75) is 44.7 Å². The van der Waals surface area contributed by atoms with Gasteiger partial charge in [-0.15, -0.1) is 0 Å². The molecule has 0 aromatic carbocycles. The maximum absolute atomic E-state index is 5.15. The third kappa shape index (κ3) is 3.12. The molecule has 1 fully saturated rings. The summed E-state index contributed by atoms with van der Waals surface area (Å²) in [7, 11) is 3.80. The van der Waals surface area contributed by atoms with Crippen LogP contribution in [0.2, 0.25) is 0 Å². The number of aromatic nitrogens is 2. The van der Waals surface area contributed by atoms with Crippen LogP contribution in [0.1, 0.15) is 43.8 Å². The molecule has 0 saturated heterocycles. The lowest BCUT2D eigenvalue weighted by Gasteiger charge is -2.30. The van der Waals surface area contributed by atoms with Gasteiger partial charge in [0.05, 0.1) is 24.9 Å². The van der Waals surface area contributed by atoms with Crippen molar-refractivity contribution in [2.75, 3.05) is 20.8 Å². The Bertz CT molecular complexity index is 345. The molecule has 18 heavy (non-hydrogen) atoms. The van der Waals surface area contributed by atoms with E-state index in [1.807, 2.05) is 6.20 Å². The average Bonchev–Trinajstić information content (AvgIpc) is 2.87. The van der Waals surface area contributed by atoms with E-state index in [4.69, 9.17) is 4.74 Å². The summed E-state index contributed by atoms with van der Waals surface area (Å²) < 4.78 is 7.23. The molecule has 1 aliphatic carbocycles. The Labute approximate surface area is 110 Å². The van der Waals surface area contributed by atoms with Crippen LogP contribution in [0.15, 0.2) is 12.3 Å². The molecule has 0 bridgehead atoms. The lowest BCUT2D eigenvalue weighted by molar-refractivity contribution is 0.179. The Kier molecular flexibility index (Phi) is 5.20. The highest BCUT2D eigenvalue weighted by atomic mass is 16.5.